The van der Waals surface area contributed by atoms with Crippen LogP contribution in [0.4, 0.5) is 0 Å². The SMILES string of the molecule is CC(C)NC(=O)[C@@H](C)N(CCc1ccccc1)C(=O)COc1ccc(C(C)C)cc1. The highest BCUT2D eigenvalue weighted by Crippen LogP contribution is 2.18. The molecule has 0 radical (unpaired) electrons. The Morgan fingerprint density at radius 3 is 2.13 bits per heavy atom. The molecule has 162 valence electrons. The Morgan fingerprint density at radius 2 is 1.57 bits per heavy atom. The number of carbonyl (C=O) groups is 2. The van der Waals surface area contributed by atoms with E-state index in [1.54, 1.807) is 11.8 Å². The molecule has 0 fully saturated rings. The third-order valence-corrected chi connectivity index (χ3v) is 4.99. The maximum absolute atomic E-state index is 13.0. The summed E-state index contributed by atoms with van der Waals surface area (Å²) in [5, 5.41) is 2.89. The first-order valence-electron chi connectivity index (χ1n) is 10.6. The Hall–Kier alpha value is -2.82. The summed E-state index contributed by atoms with van der Waals surface area (Å²) in [5.41, 5.74) is 2.34. The first kappa shape index (κ1) is 23.5. The molecule has 1 N–H and O–H groups in total. The van der Waals surface area contributed by atoms with Crippen molar-refractivity contribution in [3.05, 3.63) is 65.7 Å². The van der Waals surface area contributed by atoms with Crippen molar-refractivity contribution in [1.29, 1.82) is 0 Å². The third-order valence-electron chi connectivity index (χ3n) is 4.99. The van der Waals surface area contributed by atoms with Gasteiger partial charge in [0.15, 0.2) is 6.61 Å². The summed E-state index contributed by atoms with van der Waals surface area (Å²) in [5.74, 6) is 0.725. The van der Waals surface area contributed by atoms with Crippen molar-refractivity contribution in [2.24, 2.45) is 0 Å². The molecule has 0 aromatic heterocycles. The molecule has 2 amide bonds. The molecule has 0 aliphatic heterocycles. The van der Waals surface area contributed by atoms with E-state index < -0.39 is 6.04 Å². The predicted octanol–water partition coefficient (Wildman–Crippen LogP) is 4.17. The van der Waals surface area contributed by atoms with E-state index in [-0.39, 0.29) is 24.5 Å². The molecule has 30 heavy (non-hydrogen) atoms. The van der Waals surface area contributed by atoms with Crippen LogP contribution in [0.15, 0.2) is 54.6 Å². The van der Waals surface area contributed by atoms with Gasteiger partial charge >= 0.3 is 0 Å². The number of ether oxygens (including phenoxy) is 1. The van der Waals surface area contributed by atoms with Crippen LogP contribution in [-0.2, 0) is 16.0 Å². The Morgan fingerprint density at radius 1 is 0.933 bits per heavy atom. The smallest absolute Gasteiger partial charge is 0.261 e. The molecular weight excluding hydrogens is 376 g/mol. The molecule has 2 aromatic rings. The first-order valence-corrected chi connectivity index (χ1v) is 10.6. The zero-order valence-corrected chi connectivity index (χ0v) is 18.7. The monoisotopic (exact) mass is 410 g/mol. The number of amides is 2. The van der Waals surface area contributed by atoms with Crippen molar-refractivity contribution in [3.63, 3.8) is 0 Å². The van der Waals surface area contributed by atoms with Crippen LogP contribution in [0, 0.1) is 0 Å². The third kappa shape index (κ3) is 7.21. The van der Waals surface area contributed by atoms with Crippen LogP contribution in [0.1, 0.15) is 51.7 Å². The molecule has 0 saturated heterocycles. The lowest BCUT2D eigenvalue weighted by atomic mass is 10.0. The van der Waals surface area contributed by atoms with Crippen LogP contribution < -0.4 is 10.1 Å². The number of benzene rings is 2. The Bertz CT molecular complexity index is 801. The van der Waals surface area contributed by atoms with Crippen molar-refractivity contribution in [3.8, 4) is 5.75 Å². The van der Waals surface area contributed by atoms with Crippen LogP contribution >= 0.6 is 0 Å². The molecule has 5 nitrogen and oxygen atoms in total. The molecular formula is C25H34N2O3. The Labute approximate surface area is 180 Å². The van der Waals surface area contributed by atoms with Gasteiger partial charge in [-0.3, -0.25) is 9.59 Å². The minimum absolute atomic E-state index is 0.0155. The van der Waals surface area contributed by atoms with Gasteiger partial charge in [-0.2, -0.15) is 0 Å². The van der Waals surface area contributed by atoms with Crippen LogP contribution in [0.25, 0.3) is 0 Å². The lowest BCUT2D eigenvalue weighted by Gasteiger charge is -2.29. The number of carbonyl (C=O) groups excluding carboxylic acids is 2. The minimum Gasteiger partial charge on any atom is -0.484 e. The normalized spacial score (nSPS) is 12.0. The van der Waals surface area contributed by atoms with E-state index in [4.69, 9.17) is 4.74 Å². The number of rotatable bonds is 10. The van der Waals surface area contributed by atoms with Crippen LogP contribution in [0.2, 0.25) is 0 Å². The Kier molecular flexibility index (Phi) is 8.90. The van der Waals surface area contributed by atoms with E-state index in [0.717, 1.165) is 5.56 Å². The highest BCUT2D eigenvalue weighted by Gasteiger charge is 2.26. The maximum atomic E-state index is 13.0. The van der Waals surface area contributed by atoms with E-state index in [1.165, 1.54) is 5.56 Å². The van der Waals surface area contributed by atoms with Crippen molar-refractivity contribution in [2.75, 3.05) is 13.2 Å². The predicted molar refractivity (Wildman–Crippen MR) is 121 cm³/mol. The lowest BCUT2D eigenvalue weighted by Crippen LogP contribution is -2.51. The van der Waals surface area contributed by atoms with Gasteiger partial charge in [-0.25, -0.2) is 0 Å². The molecule has 0 heterocycles. The summed E-state index contributed by atoms with van der Waals surface area (Å²) >= 11 is 0. The summed E-state index contributed by atoms with van der Waals surface area (Å²) in [6.07, 6.45) is 0.676. The van der Waals surface area contributed by atoms with E-state index in [2.05, 4.69) is 19.2 Å². The molecule has 0 spiro atoms. The molecule has 5 heteroatoms. The van der Waals surface area contributed by atoms with Crippen molar-refractivity contribution < 1.29 is 14.3 Å². The zero-order chi connectivity index (χ0) is 22.1. The molecule has 2 aromatic carbocycles. The van der Waals surface area contributed by atoms with Crippen LogP contribution in [0.5, 0.6) is 5.75 Å². The fraction of sp³-hybridized carbons (Fsp3) is 0.440. The van der Waals surface area contributed by atoms with Gasteiger partial charge in [0, 0.05) is 12.6 Å². The summed E-state index contributed by atoms with van der Waals surface area (Å²) in [7, 11) is 0. The van der Waals surface area contributed by atoms with Crippen LogP contribution in [0.3, 0.4) is 0 Å². The van der Waals surface area contributed by atoms with Gasteiger partial charge in [0.25, 0.3) is 5.91 Å². The van der Waals surface area contributed by atoms with E-state index in [9.17, 15) is 9.59 Å². The molecule has 0 aliphatic rings. The van der Waals surface area contributed by atoms with Crippen molar-refractivity contribution >= 4 is 11.8 Å². The first-order chi connectivity index (χ1) is 14.3. The highest BCUT2D eigenvalue weighted by atomic mass is 16.5. The molecule has 2 rings (SSSR count). The fourth-order valence-electron chi connectivity index (χ4n) is 3.15. The number of hydrogen-bond donors (Lipinski definition) is 1. The van der Waals surface area contributed by atoms with E-state index in [0.29, 0.717) is 24.6 Å². The number of hydrogen-bond acceptors (Lipinski definition) is 3. The number of nitrogens with zero attached hydrogens (tertiary/aromatic N) is 1. The summed E-state index contributed by atoms with van der Waals surface area (Å²) in [6, 6.07) is 17.2. The quantitative estimate of drug-likeness (QED) is 0.639. The second-order valence-electron chi connectivity index (χ2n) is 8.17. The van der Waals surface area contributed by atoms with Gasteiger partial charge < -0.3 is 15.0 Å². The van der Waals surface area contributed by atoms with E-state index >= 15 is 0 Å². The van der Waals surface area contributed by atoms with Gasteiger partial charge in [0.1, 0.15) is 11.8 Å². The summed E-state index contributed by atoms with van der Waals surface area (Å²) < 4.78 is 5.72. The molecule has 0 bridgehead atoms. The Balaban J connectivity index is 2.05. The minimum atomic E-state index is -0.574. The highest BCUT2D eigenvalue weighted by molar-refractivity contribution is 5.88. The number of nitrogens with one attached hydrogen (secondary N) is 1. The lowest BCUT2D eigenvalue weighted by molar-refractivity contribution is -0.141. The zero-order valence-electron chi connectivity index (χ0n) is 18.7. The average molecular weight is 411 g/mol. The largest absolute Gasteiger partial charge is 0.484 e. The van der Waals surface area contributed by atoms with Gasteiger partial charge in [0.05, 0.1) is 0 Å². The standard InChI is InChI=1S/C25H34N2O3/c1-18(2)22-11-13-23(14-12-22)30-17-24(28)27(20(5)25(29)26-19(3)4)16-15-21-9-7-6-8-10-21/h6-14,18-20H,15-17H2,1-5H3,(H,26,29)/t20-/m1/s1. The molecule has 1 atom stereocenters. The van der Waals surface area contributed by atoms with E-state index in [1.807, 2.05) is 68.4 Å². The second kappa shape index (κ2) is 11.4. The summed E-state index contributed by atoms with van der Waals surface area (Å²) in [4.78, 5) is 27.1. The van der Waals surface area contributed by atoms with Crippen LogP contribution in [-0.4, -0.2) is 41.9 Å². The fourth-order valence-corrected chi connectivity index (χ4v) is 3.15. The average Bonchev–Trinajstić information content (AvgIpc) is 2.72. The van der Waals surface area contributed by atoms with Gasteiger partial charge in [-0.05, 0) is 56.4 Å². The molecule has 0 unspecified atom stereocenters. The topological polar surface area (TPSA) is 58.6 Å². The van der Waals surface area contributed by atoms with Crippen molar-refractivity contribution in [1.82, 2.24) is 10.2 Å². The van der Waals surface area contributed by atoms with Gasteiger partial charge in [0.2, 0.25) is 5.91 Å². The van der Waals surface area contributed by atoms with Gasteiger partial charge in [-0.15, -0.1) is 0 Å². The van der Waals surface area contributed by atoms with Gasteiger partial charge in [-0.1, -0.05) is 56.3 Å². The molecule has 0 aliphatic carbocycles. The maximum Gasteiger partial charge on any atom is 0.261 e. The van der Waals surface area contributed by atoms with Crippen molar-refractivity contribution in [2.45, 2.75) is 59.0 Å². The summed E-state index contributed by atoms with van der Waals surface area (Å²) in [6.45, 7) is 10.2. The second-order valence-corrected chi connectivity index (χ2v) is 8.17. The molecule has 0 saturated carbocycles.